The zero-order chi connectivity index (χ0) is 23.3. The molecule has 0 saturated carbocycles. The van der Waals surface area contributed by atoms with Crippen molar-refractivity contribution in [2.75, 3.05) is 30.4 Å². The number of halogens is 3. The molecule has 7 nitrogen and oxygen atoms in total. The van der Waals surface area contributed by atoms with Gasteiger partial charge >= 0.3 is 6.18 Å². The summed E-state index contributed by atoms with van der Waals surface area (Å²) in [6, 6.07) is 6.58. The van der Waals surface area contributed by atoms with Gasteiger partial charge in [-0.25, -0.2) is 4.98 Å². The molecular weight excluding hydrogens is 423 g/mol. The minimum atomic E-state index is -4.42. The van der Waals surface area contributed by atoms with Gasteiger partial charge in [0, 0.05) is 18.5 Å². The summed E-state index contributed by atoms with van der Waals surface area (Å²) in [4.78, 5) is 6.54. The van der Waals surface area contributed by atoms with Crippen molar-refractivity contribution in [3.8, 4) is 5.88 Å². The van der Waals surface area contributed by atoms with Gasteiger partial charge in [0.05, 0.1) is 30.0 Å². The van der Waals surface area contributed by atoms with E-state index in [1.807, 2.05) is 11.0 Å². The molecule has 0 unspecified atom stereocenters. The third-order valence-electron chi connectivity index (χ3n) is 5.53. The number of rotatable bonds is 5. The highest BCUT2D eigenvalue weighted by Gasteiger charge is 2.38. The molecule has 170 valence electrons. The second-order valence-corrected chi connectivity index (χ2v) is 8.39. The second-order valence-electron chi connectivity index (χ2n) is 8.39. The number of ether oxygens (including phenoxy) is 1. The van der Waals surface area contributed by atoms with Crippen molar-refractivity contribution in [1.82, 2.24) is 15.2 Å². The molecule has 3 aromatic rings. The molecule has 32 heavy (non-hydrogen) atoms. The number of β-amino-alcohol motifs (C(OH)–C–C–N with tert-alkyl or cyclic N) is 1. The van der Waals surface area contributed by atoms with Gasteiger partial charge in [-0.15, -0.1) is 5.10 Å². The topological polar surface area (TPSA) is 83.4 Å². The number of hydrogen-bond acceptors (Lipinski definition) is 7. The van der Waals surface area contributed by atoms with Crippen LogP contribution in [-0.2, 0) is 6.18 Å². The third kappa shape index (κ3) is 4.14. The minimum Gasteiger partial charge on any atom is -0.480 e. The summed E-state index contributed by atoms with van der Waals surface area (Å²) < 4.78 is 44.8. The number of anilines is 2. The van der Waals surface area contributed by atoms with E-state index in [-0.39, 0.29) is 0 Å². The number of nitrogens with zero attached hydrogens (tertiary/aromatic N) is 4. The molecule has 0 radical (unpaired) electrons. The monoisotopic (exact) mass is 447 g/mol. The lowest BCUT2D eigenvalue weighted by atomic mass is 9.96. The quantitative estimate of drug-likeness (QED) is 0.609. The van der Waals surface area contributed by atoms with Gasteiger partial charge in [-0.3, -0.25) is 0 Å². The predicted molar refractivity (Wildman–Crippen MR) is 115 cm³/mol. The standard InChI is InChI=1S/C22H24F3N5O2/c1-12(14-6-5-7-15(8-14)22(23,24)25)26-19-16-9-17(30-10-21(3,31)11-30)20(32-4)27-18(16)13(2)28-29-19/h5-9,12,31H,10-11H2,1-4H3,(H,26,29)/t12-/m1/s1. The molecule has 2 aromatic heterocycles. The summed E-state index contributed by atoms with van der Waals surface area (Å²) in [6.45, 7) is 6.14. The number of aliphatic hydroxyl groups is 1. The van der Waals surface area contributed by atoms with Crippen LogP contribution in [0.25, 0.3) is 10.9 Å². The molecule has 1 fully saturated rings. The molecule has 1 saturated heterocycles. The first-order valence-electron chi connectivity index (χ1n) is 10.1. The molecule has 10 heteroatoms. The summed E-state index contributed by atoms with van der Waals surface area (Å²) >= 11 is 0. The molecule has 4 rings (SSSR count). The number of aryl methyl sites for hydroxylation is 1. The first-order valence-corrected chi connectivity index (χ1v) is 10.1. The number of nitrogens with one attached hydrogen (secondary N) is 1. The first kappa shape index (κ1) is 22.1. The molecular formula is C22H24F3N5O2. The van der Waals surface area contributed by atoms with Gasteiger partial charge < -0.3 is 20.1 Å². The Kier molecular flexibility index (Phi) is 5.36. The summed E-state index contributed by atoms with van der Waals surface area (Å²) in [5, 5.41) is 22.4. The van der Waals surface area contributed by atoms with Gasteiger partial charge in [-0.05, 0) is 44.5 Å². The maximum absolute atomic E-state index is 13.1. The summed E-state index contributed by atoms with van der Waals surface area (Å²) in [5.74, 6) is 0.806. The first-order chi connectivity index (χ1) is 15.0. The van der Waals surface area contributed by atoms with Crippen molar-refractivity contribution < 1.29 is 23.0 Å². The Morgan fingerprint density at radius 3 is 2.56 bits per heavy atom. The lowest BCUT2D eigenvalue weighted by molar-refractivity contribution is -0.137. The van der Waals surface area contributed by atoms with Crippen LogP contribution in [0.2, 0.25) is 0 Å². The fourth-order valence-electron chi connectivity index (χ4n) is 3.87. The highest BCUT2D eigenvalue weighted by molar-refractivity contribution is 5.94. The molecule has 1 aromatic carbocycles. The van der Waals surface area contributed by atoms with E-state index in [4.69, 9.17) is 4.74 Å². The normalized spacial score (nSPS) is 16.6. The smallest absolute Gasteiger partial charge is 0.416 e. The zero-order valence-electron chi connectivity index (χ0n) is 18.2. The van der Waals surface area contributed by atoms with E-state index in [0.717, 1.165) is 12.1 Å². The Bertz CT molecular complexity index is 1160. The van der Waals surface area contributed by atoms with E-state index in [9.17, 15) is 18.3 Å². The van der Waals surface area contributed by atoms with Crippen molar-refractivity contribution in [2.45, 2.75) is 38.6 Å². The Morgan fingerprint density at radius 1 is 1.22 bits per heavy atom. The van der Waals surface area contributed by atoms with E-state index >= 15 is 0 Å². The van der Waals surface area contributed by atoms with Crippen LogP contribution in [0.15, 0.2) is 30.3 Å². The predicted octanol–water partition coefficient (Wildman–Crippen LogP) is 4.10. The number of aromatic nitrogens is 3. The molecule has 0 amide bonds. The van der Waals surface area contributed by atoms with Crippen LogP contribution < -0.4 is 15.0 Å². The maximum Gasteiger partial charge on any atom is 0.416 e. The number of hydrogen-bond donors (Lipinski definition) is 2. The summed E-state index contributed by atoms with van der Waals surface area (Å²) in [7, 11) is 1.52. The summed E-state index contributed by atoms with van der Waals surface area (Å²) in [6.07, 6.45) is -4.42. The number of fused-ring (bicyclic) bond motifs is 1. The molecule has 1 aliphatic rings. The van der Waals surface area contributed by atoms with Crippen molar-refractivity contribution in [3.63, 3.8) is 0 Å². The van der Waals surface area contributed by atoms with E-state index in [0.29, 0.717) is 52.6 Å². The number of alkyl halides is 3. The van der Waals surface area contributed by atoms with Gasteiger partial charge in [0.1, 0.15) is 11.2 Å². The van der Waals surface area contributed by atoms with Crippen LogP contribution in [0.5, 0.6) is 5.88 Å². The van der Waals surface area contributed by atoms with Crippen LogP contribution in [0, 0.1) is 6.92 Å². The molecule has 1 atom stereocenters. The molecule has 3 heterocycles. The van der Waals surface area contributed by atoms with Gasteiger partial charge in [-0.1, -0.05) is 12.1 Å². The van der Waals surface area contributed by atoms with Gasteiger partial charge in [-0.2, -0.15) is 18.3 Å². The molecule has 2 N–H and O–H groups in total. The summed E-state index contributed by atoms with van der Waals surface area (Å²) in [5.41, 5.74) is 0.849. The average molecular weight is 447 g/mol. The average Bonchev–Trinajstić information content (AvgIpc) is 2.72. The Morgan fingerprint density at radius 2 is 1.94 bits per heavy atom. The van der Waals surface area contributed by atoms with E-state index in [1.165, 1.54) is 13.2 Å². The SMILES string of the molecule is COc1nc2c(C)nnc(N[C@H](C)c3cccc(C(F)(F)F)c3)c2cc1N1CC(C)(O)C1. The van der Waals surface area contributed by atoms with Crippen LogP contribution in [0.1, 0.15) is 36.7 Å². The molecule has 0 spiro atoms. The zero-order valence-corrected chi connectivity index (χ0v) is 18.2. The number of methoxy groups -OCH3 is 1. The second kappa shape index (κ2) is 7.77. The van der Waals surface area contributed by atoms with Gasteiger partial charge in [0.15, 0.2) is 5.82 Å². The Balaban J connectivity index is 1.72. The third-order valence-corrected chi connectivity index (χ3v) is 5.53. The Labute approximate surface area is 183 Å². The van der Waals surface area contributed by atoms with Gasteiger partial charge in [0.25, 0.3) is 0 Å². The van der Waals surface area contributed by atoms with Crippen LogP contribution in [0.4, 0.5) is 24.7 Å². The van der Waals surface area contributed by atoms with E-state index in [2.05, 4.69) is 20.5 Å². The van der Waals surface area contributed by atoms with Crippen molar-refractivity contribution in [3.05, 3.63) is 47.2 Å². The molecule has 1 aliphatic heterocycles. The molecule has 0 bridgehead atoms. The maximum atomic E-state index is 13.1. The fraction of sp³-hybridized carbons (Fsp3) is 0.409. The number of benzene rings is 1. The van der Waals surface area contributed by atoms with E-state index in [1.54, 1.807) is 26.8 Å². The Hall–Kier alpha value is -3.14. The largest absolute Gasteiger partial charge is 0.480 e. The highest BCUT2D eigenvalue weighted by Crippen LogP contribution is 2.38. The lowest BCUT2D eigenvalue weighted by Gasteiger charge is -2.45. The van der Waals surface area contributed by atoms with Crippen molar-refractivity contribution in [2.24, 2.45) is 0 Å². The van der Waals surface area contributed by atoms with Crippen molar-refractivity contribution >= 4 is 22.4 Å². The van der Waals surface area contributed by atoms with Crippen molar-refractivity contribution in [1.29, 1.82) is 0 Å². The number of pyridine rings is 1. The van der Waals surface area contributed by atoms with E-state index < -0.39 is 23.4 Å². The highest BCUT2D eigenvalue weighted by atomic mass is 19.4. The van der Waals surface area contributed by atoms with Crippen LogP contribution >= 0.6 is 0 Å². The van der Waals surface area contributed by atoms with Crippen LogP contribution in [-0.4, -0.2) is 46.1 Å². The van der Waals surface area contributed by atoms with Crippen LogP contribution in [0.3, 0.4) is 0 Å². The van der Waals surface area contributed by atoms with Gasteiger partial charge in [0.2, 0.25) is 5.88 Å². The lowest BCUT2D eigenvalue weighted by Crippen LogP contribution is -2.60. The minimum absolute atomic E-state index is 0.402. The fourth-order valence-corrected chi connectivity index (χ4v) is 3.87. The molecule has 0 aliphatic carbocycles.